The van der Waals surface area contributed by atoms with E-state index in [2.05, 4.69) is 10.2 Å². The molecule has 1 amide bonds. The van der Waals surface area contributed by atoms with Gasteiger partial charge < -0.3 is 14.4 Å². The minimum atomic E-state index is -0.534. The van der Waals surface area contributed by atoms with Crippen LogP contribution in [0.25, 0.3) is 5.57 Å². The summed E-state index contributed by atoms with van der Waals surface area (Å²) in [4.78, 5) is 13.9. The summed E-state index contributed by atoms with van der Waals surface area (Å²) in [6.45, 7) is 6.47. The van der Waals surface area contributed by atoms with Crippen LogP contribution in [0.1, 0.15) is 38.3 Å². The third kappa shape index (κ3) is 5.67. The van der Waals surface area contributed by atoms with Crippen molar-refractivity contribution in [2.75, 3.05) is 13.1 Å². The van der Waals surface area contributed by atoms with E-state index >= 15 is 0 Å². The highest BCUT2D eigenvalue weighted by Crippen LogP contribution is 2.29. The molecular weight excluding hydrogens is 397 g/mol. The summed E-state index contributed by atoms with van der Waals surface area (Å²) in [6, 6.07) is 6.23. The van der Waals surface area contributed by atoms with Gasteiger partial charge in [-0.2, -0.15) is 5.10 Å². The minimum Gasteiger partial charge on any atom is -0.471 e. The summed E-state index contributed by atoms with van der Waals surface area (Å²) in [5, 5.41) is 8.25. The van der Waals surface area contributed by atoms with Gasteiger partial charge in [-0.3, -0.25) is 0 Å². The molecule has 1 aromatic heterocycles. The number of halogens is 2. The molecule has 29 heavy (non-hydrogen) atoms. The molecule has 0 spiro atoms. The Morgan fingerprint density at radius 3 is 2.76 bits per heavy atom. The van der Waals surface area contributed by atoms with E-state index in [1.807, 2.05) is 26.8 Å². The van der Waals surface area contributed by atoms with Crippen molar-refractivity contribution in [1.82, 2.24) is 15.1 Å². The van der Waals surface area contributed by atoms with Crippen molar-refractivity contribution in [3.05, 3.63) is 58.5 Å². The number of nitrogens with zero attached hydrogens (tertiary/aromatic N) is 3. The Morgan fingerprint density at radius 2 is 2.10 bits per heavy atom. The first kappa shape index (κ1) is 21.0. The van der Waals surface area contributed by atoms with E-state index in [0.717, 1.165) is 11.1 Å². The summed E-state index contributed by atoms with van der Waals surface area (Å²) >= 11 is 5.78. The first-order valence-electron chi connectivity index (χ1n) is 9.29. The first-order valence-corrected chi connectivity index (χ1v) is 9.66. The van der Waals surface area contributed by atoms with Gasteiger partial charge in [-0.1, -0.05) is 23.7 Å². The van der Waals surface area contributed by atoms with Crippen LogP contribution in [0.5, 0.6) is 5.88 Å². The van der Waals surface area contributed by atoms with Gasteiger partial charge in [-0.05, 0) is 51.0 Å². The lowest BCUT2D eigenvalue weighted by molar-refractivity contribution is 0.0270. The minimum absolute atomic E-state index is 0.00596. The standard InChI is InChI=1S/C21H23ClFN3O3/c1-21(2,3)29-20(27)26-10-7-14(8-11-26)17-6-9-24-25-19(17)28-13-15-4-5-16(22)12-18(15)23/h4-7,9,12H,8,10-11,13H2,1-3H3. The molecule has 6 nitrogen and oxygen atoms in total. The van der Waals surface area contributed by atoms with Gasteiger partial charge in [0, 0.05) is 29.2 Å². The smallest absolute Gasteiger partial charge is 0.410 e. The van der Waals surface area contributed by atoms with Gasteiger partial charge in [-0.15, -0.1) is 5.10 Å². The Bertz CT molecular complexity index is 928. The zero-order chi connectivity index (χ0) is 21.0. The van der Waals surface area contributed by atoms with Crippen LogP contribution in [0.2, 0.25) is 5.02 Å². The topological polar surface area (TPSA) is 64.5 Å². The molecule has 154 valence electrons. The molecule has 2 aromatic rings. The van der Waals surface area contributed by atoms with Gasteiger partial charge in [0.25, 0.3) is 0 Å². The fourth-order valence-corrected chi connectivity index (χ4v) is 3.02. The largest absolute Gasteiger partial charge is 0.471 e. The second kappa shape index (κ2) is 8.78. The molecule has 3 rings (SSSR count). The summed E-state index contributed by atoms with van der Waals surface area (Å²) in [6.07, 6.45) is 3.80. The van der Waals surface area contributed by atoms with E-state index in [9.17, 15) is 9.18 Å². The van der Waals surface area contributed by atoms with E-state index in [-0.39, 0.29) is 12.7 Å². The number of rotatable bonds is 4. The lowest BCUT2D eigenvalue weighted by Crippen LogP contribution is -2.39. The third-order valence-electron chi connectivity index (χ3n) is 4.27. The maximum Gasteiger partial charge on any atom is 0.410 e. The van der Waals surface area contributed by atoms with Crippen LogP contribution >= 0.6 is 11.6 Å². The van der Waals surface area contributed by atoms with Crippen molar-refractivity contribution < 1.29 is 18.7 Å². The van der Waals surface area contributed by atoms with Gasteiger partial charge in [-0.25, -0.2) is 9.18 Å². The summed E-state index contributed by atoms with van der Waals surface area (Å²) < 4.78 is 25.1. The monoisotopic (exact) mass is 419 g/mol. The number of benzene rings is 1. The average molecular weight is 420 g/mol. The van der Waals surface area contributed by atoms with Crippen molar-refractivity contribution in [2.24, 2.45) is 0 Å². The normalized spacial score (nSPS) is 14.4. The van der Waals surface area contributed by atoms with Crippen molar-refractivity contribution in [2.45, 2.75) is 39.4 Å². The Hall–Kier alpha value is -2.67. The maximum atomic E-state index is 14.0. The second-order valence-corrected chi connectivity index (χ2v) is 8.12. The molecule has 8 heteroatoms. The molecule has 2 heterocycles. The molecule has 0 atom stereocenters. The molecule has 0 unspecified atom stereocenters. The fraction of sp³-hybridized carbons (Fsp3) is 0.381. The number of amides is 1. The zero-order valence-corrected chi connectivity index (χ0v) is 17.4. The molecule has 1 aromatic carbocycles. The van der Waals surface area contributed by atoms with Gasteiger partial charge >= 0.3 is 6.09 Å². The molecule has 0 bridgehead atoms. The van der Waals surface area contributed by atoms with Crippen LogP contribution in [0.4, 0.5) is 9.18 Å². The predicted molar refractivity (Wildman–Crippen MR) is 108 cm³/mol. The number of aromatic nitrogens is 2. The summed E-state index contributed by atoms with van der Waals surface area (Å²) in [5.74, 6) is -0.119. The molecule has 0 saturated carbocycles. The highest BCUT2D eigenvalue weighted by molar-refractivity contribution is 6.30. The zero-order valence-electron chi connectivity index (χ0n) is 16.6. The maximum absolute atomic E-state index is 14.0. The third-order valence-corrected chi connectivity index (χ3v) is 4.51. The Kier molecular flexibility index (Phi) is 6.37. The molecule has 0 aliphatic carbocycles. The van der Waals surface area contributed by atoms with Crippen LogP contribution in [0.15, 0.2) is 36.5 Å². The number of carbonyl (C=O) groups is 1. The molecule has 0 N–H and O–H groups in total. The summed E-state index contributed by atoms with van der Waals surface area (Å²) in [7, 11) is 0. The van der Waals surface area contributed by atoms with Crippen molar-refractivity contribution in [3.8, 4) is 5.88 Å². The molecule has 1 aliphatic rings. The van der Waals surface area contributed by atoms with Crippen molar-refractivity contribution in [1.29, 1.82) is 0 Å². The van der Waals surface area contributed by atoms with Gasteiger partial charge in [0.1, 0.15) is 18.0 Å². The van der Waals surface area contributed by atoms with Crippen LogP contribution < -0.4 is 4.74 Å². The highest BCUT2D eigenvalue weighted by atomic mass is 35.5. The number of hydrogen-bond acceptors (Lipinski definition) is 5. The Morgan fingerprint density at radius 1 is 1.31 bits per heavy atom. The lowest BCUT2D eigenvalue weighted by Gasteiger charge is -2.29. The highest BCUT2D eigenvalue weighted by Gasteiger charge is 2.25. The van der Waals surface area contributed by atoms with Crippen LogP contribution in [0.3, 0.4) is 0 Å². The van der Waals surface area contributed by atoms with E-state index in [0.29, 0.717) is 36.0 Å². The molecule has 0 radical (unpaired) electrons. The van der Waals surface area contributed by atoms with Crippen molar-refractivity contribution >= 4 is 23.3 Å². The SMILES string of the molecule is CC(C)(C)OC(=O)N1CC=C(c2ccnnc2OCc2ccc(Cl)cc2F)CC1. The summed E-state index contributed by atoms with van der Waals surface area (Å²) in [5.41, 5.74) is 1.61. The van der Waals surface area contributed by atoms with E-state index in [1.54, 1.807) is 29.3 Å². The number of hydrogen-bond donors (Lipinski definition) is 0. The van der Waals surface area contributed by atoms with Gasteiger partial charge in [0.05, 0.1) is 6.20 Å². The second-order valence-electron chi connectivity index (χ2n) is 7.68. The quantitative estimate of drug-likeness (QED) is 0.707. The van der Waals surface area contributed by atoms with Crippen molar-refractivity contribution in [3.63, 3.8) is 0 Å². The van der Waals surface area contributed by atoms with E-state index in [4.69, 9.17) is 21.1 Å². The van der Waals surface area contributed by atoms with E-state index < -0.39 is 11.4 Å². The number of ether oxygens (including phenoxy) is 2. The average Bonchev–Trinajstić information content (AvgIpc) is 2.66. The van der Waals surface area contributed by atoms with Gasteiger partial charge in [0.2, 0.25) is 5.88 Å². The predicted octanol–water partition coefficient (Wildman–Crippen LogP) is 4.87. The van der Waals surface area contributed by atoms with Crippen LogP contribution in [-0.2, 0) is 11.3 Å². The number of carbonyl (C=O) groups excluding carboxylic acids is 1. The lowest BCUT2D eigenvalue weighted by atomic mass is 10.0. The first-order chi connectivity index (χ1) is 13.7. The molecule has 1 aliphatic heterocycles. The van der Waals surface area contributed by atoms with E-state index in [1.165, 1.54) is 6.07 Å². The Labute approximate surface area is 174 Å². The Balaban J connectivity index is 1.70. The molecule has 0 saturated heterocycles. The van der Waals surface area contributed by atoms with Crippen LogP contribution in [-0.4, -0.2) is 39.9 Å². The molecule has 0 fully saturated rings. The van der Waals surface area contributed by atoms with Crippen LogP contribution in [0, 0.1) is 5.82 Å². The molecular formula is C21H23ClFN3O3. The van der Waals surface area contributed by atoms with Gasteiger partial charge in [0.15, 0.2) is 0 Å². The fourth-order valence-electron chi connectivity index (χ4n) is 2.86.